The molecular weight excluding hydrogens is 1380 g/mol. The summed E-state index contributed by atoms with van der Waals surface area (Å²) in [5, 5.41) is 7.62. The van der Waals surface area contributed by atoms with Crippen LogP contribution in [0.25, 0.3) is 215 Å². The summed E-state index contributed by atoms with van der Waals surface area (Å²) in [4.78, 5) is 50.0. The Morgan fingerprint density at radius 1 is 0.212 bits per heavy atom. The molecule has 0 fully saturated rings. The zero-order valence-electron chi connectivity index (χ0n) is 60.6. The predicted molar refractivity (Wildman–Crippen MR) is 462 cm³/mol. The molecule has 0 radical (unpaired) electrons. The van der Waals surface area contributed by atoms with Gasteiger partial charge in [-0.2, -0.15) is 0 Å². The quantitative estimate of drug-likeness (QED) is 0.0928. The molecule has 11 heteroatoms. The first-order chi connectivity index (χ1) is 55.9. The summed E-state index contributed by atoms with van der Waals surface area (Å²) in [7, 11) is 0. The highest BCUT2D eigenvalue weighted by molar-refractivity contribution is 6.27. The third-order valence-corrected chi connectivity index (χ3v) is 21.1. The van der Waals surface area contributed by atoms with Gasteiger partial charge in [0.15, 0.2) is 17.2 Å². The van der Waals surface area contributed by atoms with Crippen molar-refractivity contribution in [1.82, 2.24) is 44.4 Å². The van der Waals surface area contributed by atoms with Crippen LogP contribution in [0.3, 0.4) is 0 Å². The van der Waals surface area contributed by atoms with Crippen LogP contribution in [0.5, 0.6) is 0 Å². The van der Waals surface area contributed by atoms with E-state index in [1.807, 2.05) is 188 Å². The summed E-state index contributed by atoms with van der Waals surface area (Å²) >= 11 is 0. The lowest BCUT2D eigenvalue weighted by atomic mass is 9.95. The average Bonchev–Trinajstić information content (AvgIpc) is 1.15. The minimum Gasteiger partial charge on any atom is -0.309 e. The van der Waals surface area contributed by atoms with Crippen molar-refractivity contribution < 1.29 is 0 Å². The lowest BCUT2D eigenvalue weighted by Gasteiger charge is -2.16. The maximum absolute atomic E-state index is 8.43. The fourth-order valence-corrected chi connectivity index (χ4v) is 15.8. The molecule has 0 bridgehead atoms. The smallest absolute Gasteiger partial charge is 0.199 e. The molecule has 21 rings (SSSR count). The Hall–Kier alpha value is -15.8. The van der Waals surface area contributed by atoms with Gasteiger partial charge in [-0.05, 0) is 76.9 Å². The van der Waals surface area contributed by atoms with Crippen LogP contribution in [0.2, 0.25) is 0 Å². The highest BCUT2D eigenvalue weighted by Gasteiger charge is 2.25. The Balaban J connectivity index is 0.000000147. The van der Waals surface area contributed by atoms with E-state index in [0.29, 0.717) is 33.9 Å². The van der Waals surface area contributed by atoms with Crippen molar-refractivity contribution in [2.75, 3.05) is 0 Å². The molecule has 0 amide bonds. The summed E-state index contributed by atoms with van der Waals surface area (Å²) in [6, 6.07) is 126. The predicted octanol–water partition coefficient (Wildman–Crippen LogP) is 26.3. The molecule has 524 valence electrons. The second-order valence-electron chi connectivity index (χ2n) is 27.8. The Kier molecular flexibility index (Phi) is 16.7. The molecule has 0 saturated heterocycles. The van der Waals surface area contributed by atoms with Crippen LogP contribution in [-0.2, 0) is 0 Å². The number of para-hydroxylation sites is 4. The SMILES string of the molecule is [C-]#[N+]c1cc2nc(-c3ccccc3)c(-c3ccccc3)nc2c2c1c(-c1ccc(-c3cc(-c4ccccc4)nc(-c4ccccc4)n3)cc1)nc1ccccc12.[C-]#[N+]c1cc2nc(-c3ccccc3)c(-c3ccccc3)nc2c2c1c(-c1ccc(-c3ccc(-n4c5ccccc5c5ccccc54)cc3)cc1)nc1ccccc12. The average molecular weight is 1440 g/mol. The molecule has 0 aliphatic carbocycles. The monoisotopic (exact) mass is 1440 g/mol. The van der Waals surface area contributed by atoms with E-state index in [4.69, 9.17) is 53.0 Å². The van der Waals surface area contributed by atoms with Crippen molar-refractivity contribution in [2.45, 2.75) is 0 Å². The largest absolute Gasteiger partial charge is 0.309 e. The van der Waals surface area contributed by atoms with E-state index in [0.717, 1.165) is 161 Å². The van der Waals surface area contributed by atoms with Crippen molar-refractivity contribution in [3.05, 3.63) is 393 Å². The molecule has 6 aromatic heterocycles. The lowest BCUT2D eigenvalue weighted by Crippen LogP contribution is -1.98. The van der Waals surface area contributed by atoms with E-state index in [1.54, 1.807) is 0 Å². The summed E-state index contributed by atoms with van der Waals surface area (Å²) in [6.45, 7) is 16.8. The number of pyridine rings is 2. The molecule has 15 aromatic carbocycles. The molecule has 11 nitrogen and oxygen atoms in total. The molecule has 0 spiro atoms. The Labute approximate surface area is 650 Å². The molecule has 21 aromatic rings. The van der Waals surface area contributed by atoms with E-state index in [-0.39, 0.29) is 0 Å². The van der Waals surface area contributed by atoms with Crippen LogP contribution >= 0.6 is 0 Å². The number of aromatic nitrogens is 9. The Bertz CT molecular complexity index is 7270. The third-order valence-electron chi connectivity index (χ3n) is 21.1. The summed E-state index contributed by atoms with van der Waals surface area (Å²) in [5.41, 5.74) is 26.0. The molecule has 0 atom stereocenters. The molecule has 0 saturated carbocycles. The fourth-order valence-electron chi connectivity index (χ4n) is 15.8. The molecule has 6 heterocycles. The van der Waals surface area contributed by atoms with Gasteiger partial charge in [-0.15, -0.1) is 0 Å². The Morgan fingerprint density at radius 2 is 0.504 bits per heavy atom. The molecule has 113 heavy (non-hydrogen) atoms. The minimum atomic E-state index is 0.474. The third kappa shape index (κ3) is 12.0. The maximum Gasteiger partial charge on any atom is 0.199 e. The molecule has 0 aliphatic heterocycles. The van der Waals surface area contributed by atoms with Crippen molar-refractivity contribution in [3.63, 3.8) is 0 Å². The van der Waals surface area contributed by atoms with Crippen LogP contribution in [0, 0.1) is 13.1 Å². The summed E-state index contributed by atoms with van der Waals surface area (Å²) in [5.74, 6) is 0.660. The second kappa shape index (κ2) is 28.4. The summed E-state index contributed by atoms with van der Waals surface area (Å²) in [6.07, 6.45) is 0. The van der Waals surface area contributed by atoms with Crippen LogP contribution in [0.4, 0.5) is 11.4 Å². The normalized spacial score (nSPS) is 11.3. The van der Waals surface area contributed by atoms with Gasteiger partial charge in [-0.25, -0.2) is 49.6 Å². The standard InChI is InChI=1S/C52H31N5.C50H30N6/c1-53-43-32-44-52(56-51(36-16-6-3-7-17-36)50(55-44)35-14-4-2-5-15-35)47-41-20-8-11-21-42(41)54-49(48(43)47)37-26-24-33(25-27-37)34-28-30-38(31-29-34)57-45-22-12-9-18-39(45)40-19-10-13-23-46(40)57;1-51-42-31-43-49(56-48(35-20-10-4-11-21-35)47(53-43)34-18-8-3-9-19-34)44-38-24-14-15-25-39(38)52-46(45(42)44)36-28-26-33(27-29-36)41-30-40(32-16-6-2-7-17-32)54-50(55-41)37-22-12-5-13-23-37/h2-32H;2-31H. The number of fused-ring (bicyclic) bond motifs is 13. The van der Waals surface area contributed by atoms with E-state index in [2.05, 4.69) is 196 Å². The fraction of sp³-hybridized carbons (Fsp3) is 0. The first kappa shape index (κ1) is 66.6. The van der Waals surface area contributed by atoms with Gasteiger partial charge in [-0.1, -0.05) is 315 Å². The summed E-state index contributed by atoms with van der Waals surface area (Å²) < 4.78 is 2.34. The van der Waals surface area contributed by atoms with Gasteiger partial charge in [0.1, 0.15) is 0 Å². The zero-order chi connectivity index (χ0) is 75.3. The highest BCUT2D eigenvalue weighted by atomic mass is 15.0. The van der Waals surface area contributed by atoms with Gasteiger partial charge in [0.05, 0.1) is 103 Å². The van der Waals surface area contributed by atoms with Crippen molar-refractivity contribution in [2.24, 2.45) is 0 Å². The Morgan fingerprint density at radius 3 is 0.903 bits per heavy atom. The van der Waals surface area contributed by atoms with Gasteiger partial charge < -0.3 is 4.57 Å². The topological polar surface area (TPSA) is 117 Å². The van der Waals surface area contributed by atoms with E-state index in [1.165, 1.54) is 21.8 Å². The second-order valence-corrected chi connectivity index (χ2v) is 27.8. The van der Waals surface area contributed by atoms with Crippen molar-refractivity contribution in [1.29, 1.82) is 0 Å². The molecule has 0 unspecified atom stereocenters. The molecule has 0 N–H and O–H groups in total. The number of hydrogen-bond acceptors (Lipinski definition) is 8. The van der Waals surface area contributed by atoms with E-state index < -0.39 is 0 Å². The minimum absolute atomic E-state index is 0.474. The molecular formula is C102H61N11. The van der Waals surface area contributed by atoms with Crippen LogP contribution in [0.1, 0.15) is 0 Å². The van der Waals surface area contributed by atoms with E-state index in [9.17, 15) is 0 Å². The first-order valence-corrected chi connectivity index (χ1v) is 37.4. The van der Waals surface area contributed by atoms with Gasteiger partial charge in [0.2, 0.25) is 0 Å². The lowest BCUT2D eigenvalue weighted by molar-refractivity contribution is 1.18. The van der Waals surface area contributed by atoms with Crippen molar-refractivity contribution >= 4 is 98.6 Å². The first-order valence-electron chi connectivity index (χ1n) is 37.4. The van der Waals surface area contributed by atoms with Crippen LogP contribution < -0.4 is 0 Å². The zero-order valence-corrected chi connectivity index (χ0v) is 60.6. The number of rotatable bonds is 11. The number of benzene rings is 15. The van der Waals surface area contributed by atoms with Crippen LogP contribution in [0.15, 0.2) is 370 Å². The van der Waals surface area contributed by atoms with Crippen molar-refractivity contribution in [3.8, 4) is 118 Å². The number of nitrogens with zero attached hydrogens (tertiary/aromatic N) is 11. The number of hydrogen-bond donors (Lipinski definition) is 0. The highest BCUT2D eigenvalue weighted by Crippen LogP contribution is 2.47. The molecule has 0 aliphatic rings. The maximum atomic E-state index is 8.43. The van der Waals surface area contributed by atoms with Gasteiger partial charge >= 0.3 is 0 Å². The van der Waals surface area contributed by atoms with E-state index >= 15 is 0 Å². The van der Waals surface area contributed by atoms with Gasteiger partial charge in [0.25, 0.3) is 0 Å². The van der Waals surface area contributed by atoms with Crippen LogP contribution in [-0.4, -0.2) is 44.4 Å². The van der Waals surface area contributed by atoms with Gasteiger partial charge in [-0.3, -0.25) is 0 Å². The van der Waals surface area contributed by atoms with Gasteiger partial charge in [0, 0.05) is 87.7 Å².